The van der Waals surface area contributed by atoms with Crippen molar-refractivity contribution in [1.29, 1.82) is 0 Å². The number of nitrogen functional groups attached to an aromatic ring is 1. The van der Waals surface area contributed by atoms with Crippen LogP contribution in [0.1, 0.15) is 23.1 Å². The molecule has 1 aromatic heterocycles. The third kappa shape index (κ3) is 3.45. The van der Waals surface area contributed by atoms with Crippen LogP contribution in [0.5, 0.6) is 0 Å². The van der Waals surface area contributed by atoms with E-state index >= 15 is 0 Å². The van der Waals surface area contributed by atoms with Crippen LogP contribution in [-0.4, -0.2) is 4.98 Å². The predicted molar refractivity (Wildman–Crippen MR) is 66.2 cm³/mol. The van der Waals surface area contributed by atoms with Crippen LogP contribution in [0.4, 0.5) is 19.0 Å². The number of alkyl halides is 2. The van der Waals surface area contributed by atoms with Gasteiger partial charge in [0.25, 0.3) is 6.43 Å². The summed E-state index contributed by atoms with van der Waals surface area (Å²) in [4.78, 5) is 3.93. The number of benzene rings is 1. The smallest absolute Gasteiger partial charge is 0.263 e. The molecule has 0 saturated carbocycles. The number of hydrazine groups is 1. The summed E-state index contributed by atoms with van der Waals surface area (Å²) in [5, 5.41) is 0. The minimum absolute atomic E-state index is 0.318. The van der Waals surface area contributed by atoms with Crippen molar-refractivity contribution in [3.63, 3.8) is 0 Å². The van der Waals surface area contributed by atoms with E-state index < -0.39 is 12.2 Å². The Hall–Kier alpha value is -2.08. The Morgan fingerprint density at radius 2 is 1.95 bits per heavy atom. The Labute approximate surface area is 108 Å². The maximum Gasteiger partial charge on any atom is 0.263 e. The van der Waals surface area contributed by atoms with Crippen LogP contribution >= 0.6 is 0 Å². The molecule has 0 spiro atoms. The number of nitrogens with zero attached hydrogens (tertiary/aromatic N) is 1. The quantitative estimate of drug-likeness (QED) is 0.661. The van der Waals surface area contributed by atoms with Gasteiger partial charge >= 0.3 is 0 Å². The summed E-state index contributed by atoms with van der Waals surface area (Å²) in [6, 6.07) is 6.76. The van der Waals surface area contributed by atoms with E-state index in [9.17, 15) is 13.2 Å². The summed E-state index contributed by atoms with van der Waals surface area (Å²) < 4.78 is 38.4. The van der Waals surface area contributed by atoms with E-state index in [2.05, 4.69) is 10.4 Å². The van der Waals surface area contributed by atoms with Crippen LogP contribution in [0.3, 0.4) is 0 Å². The van der Waals surface area contributed by atoms with E-state index in [4.69, 9.17) is 5.84 Å². The van der Waals surface area contributed by atoms with Crippen LogP contribution in [0, 0.1) is 5.82 Å². The van der Waals surface area contributed by atoms with Gasteiger partial charge in [-0.15, -0.1) is 0 Å². The van der Waals surface area contributed by atoms with Gasteiger partial charge in [-0.1, -0.05) is 0 Å². The molecule has 2 rings (SSSR count). The highest BCUT2D eigenvalue weighted by molar-refractivity contribution is 5.38. The fraction of sp³-hybridized carbons (Fsp3) is 0.154. The minimum Gasteiger partial charge on any atom is -0.308 e. The van der Waals surface area contributed by atoms with Crippen LogP contribution < -0.4 is 11.3 Å². The van der Waals surface area contributed by atoms with Gasteiger partial charge in [-0.2, -0.15) is 0 Å². The first-order valence-electron chi connectivity index (χ1n) is 5.57. The Morgan fingerprint density at radius 3 is 2.63 bits per heavy atom. The molecule has 6 heteroatoms. The molecule has 0 unspecified atom stereocenters. The van der Waals surface area contributed by atoms with Crippen LogP contribution in [0.15, 0.2) is 36.5 Å². The van der Waals surface area contributed by atoms with Crippen LogP contribution in [-0.2, 0) is 6.42 Å². The number of anilines is 1. The molecule has 1 aromatic carbocycles. The first kappa shape index (κ1) is 13.4. The van der Waals surface area contributed by atoms with Gasteiger partial charge in [0, 0.05) is 11.8 Å². The third-order valence-electron chi connectivity index (χ3n) is 2.61. The summed E-state index contributed by atoms with van der Waals surface area (Å²) in [5.74, 6) is 5.02. The number of nitrogens with two attached hydrogens (primary N) is 1. The molecule has 0 aliphatic carbocycles. The molecular weight excluding hydrogens is 255 g/mol. The van der Waals surface area contributed by atoms with Gasteiger partial charge in [0.1, 0.15) is 11.6 Å². The van der Waals surface area contributed by atoms with Crippen molar-refractivity contribution in [2.24, 2.45) is 5.84 Å². The lowest BCUT2D eigenvalue weighted by Crippen LogP contribution is -2.08. The molecule has 2 aromatic rings. The average Bonchev–Trinajstić information content (AvgIpc) is 2.38. The second-order valence-electron chi connectivity index (χ2n) is 4.06. The van der Waals surface area contributed by atoms with Crippen molar-refractivity contribution in [3.05, 3.63) is 59.0 Å². The molecule has 0 radical (unpaired) electrons. The van der Waals surface area contributed by atoms with Gasteiger partial charge in [0.2, 0.25) is 0 Å². The van der Waals surface area contributed by atoms with Crippen molar-refractivity contribution in [2.75, 3.05) is 5.43 Å². The van der Waals surface area contributed by atoms with E-state index in [0.29, 0.717) is 17.8 Å². The number of hydrogen-bond donors (Lipinski definition) is 2. The van der Waals surface area contributed by atoms with E-state index in [1.807, 2.05) is 0 Å². The second kappa shape index (κ2) is 5.71. The Balaban J connectivity index is 2.27. The molecule has 100 valence electrons. The second-order valence-corrected chi connectivity index (χ2v) is 4.06. The van der Waals surface area contributed by atoms with Crippen molar-refractivity contribution >= 4 is 5.82 Å². The lowest BCUT2D eigenvalue weighted by Gasteiger charge is -2.07. The Bertz CT molecular complexity index is 573. The Kier molecular flexibility index (Phi) is 4.01. The first-order valence-corrected chi connectivity index (χ1v) is 5.57. The molecule has 0 aliphatic heterocycles. The lowest BCUT2D eigenvalue weighted by atomic mass is 10.0. The monoisotopic (exact) mass is 267 g/mol. The minimum atomic E-state index is -2.69. The standard InChI is InChI=1S/C13H12F3N3/c14-11-5-9(4-10(7-11)13(15)16)3-8-1-2-18-12(6-8)19-17/h1-2,4-7,13H,3,17H2,(H,18,19). The largest absolute Gasteiger partial charge is 0.308 e. The van der Waals surface area contributed by atoms with Crippen molar-refractivity contribution in [2.45, 2.75) is 12.8 Å². The van der Waals surface area contributed by atoms with Gasteiger partial charge in [-0.3, -0.25) is 0 Å². The molecular formula is C13H12F3N3. The van der Waals surface area contributed by atoms with Crippen LogP contribution in [0.2, 0.25) is 0 Å². The van der Waals surface area contributed by atoms with Crippen molar-refractivity contribution < 1.29 is 13.2 Å². The average molecular weight is 267 g/mol. The van der Waals surface area contributed by atoms with Crippen LogP contribution in [0.25, 0.3) is 0 Å². The molecule has 0 fully saturated rings. The highest BCUT2D eigenvalue weighted by atomic mass is 19.3. The number of aromatic nitrogens is 1. The van der Waals surface area contributed by atoms with Gasteiger partial charge in [-0.25, -0.2) is 24.0 Å². The number of nitrogens with one attached hydrogen (secondary N) is 1. The fourth-order valence-electron chi connectivity index (χ4n) is 1.80. The van der Waals surface area contributed by atoms with E-state index in [0.717, 1.165) is 11.6 Å². The molecule has 1 heterocycles. The fourth-order valence-corrected chi connectivity index (χ4v) is 1.80. The van der Waals surface area contributed by atoms with E-state index in [1.165, 1.54) is 18.3 Å². The van der Waals surface area contributed by atoms with Gasteiger partial charge in [-0.05, 0) is 47.9 Å². The number of rotatable bonds is 4. The van der Waals surface area contributed by atoms with Gasteiger partial charge in [0.15, 0.2) is 0 Å². The molecule has 0 bridgehead atoms. The summed E-state index contributed by atoms with van der Waals surface area (Å²) >= 11 is 0. The van der Waals surface area contributed by atoms with E-state index in [-0.39, 0.29) is 5.56 Å². The Morgan fingerprint density at radius 1 is 1.16 bits per heavy atom. The SMILES string of the molecule is NNc1cc(Cc2cc(F)cc(C(F)F)c2)ccn1. The normalized spacial score (nSPS) is 10.8. The number of halogens is 3. The zero-order valence-corrected chi connectivity index (χ0v) is 9.91. The molecule has 0 atom stereocenters. The van der Waals surface area contributed by atoms with Gasteiger partial charge < -0.3 is 5.43 Å². The summed E-state index contributed by atoms with van der Waals surface area (Å²) in [6.07, 6.45) is -0.819. The first-order chi connectivity index (χ1) is 9.08. The predicted octanol–water partition coefficient (Wildman–Crippen LogP) is 3.03. The molecule has 0 amide bonds. The summed E-state index contributed by atoms with van der Waals surface area (Å²) in [5.41, 5.74) is 3.35. The summed E-state index contributed by atoms with van der Waals surface area (Å²) in [6.45, 7) is 0. The maximum atomic E-state index is 13.3. The molecule has 0 aliphatic rings. The summed E-state index contributed by atoms with van der Waals surface area (Å²) in [7, 11) is 0. The third-order valence-corrected chi connectivity index (χ3v) is 2.61. The van der Waals surface area contributed by atoms with Crippen molar-refractivity contribution in [3.8, 4) is 0 Å². The number of pyridine rings is 1. The number of hydrogen-bond acceptors (Lipinski definition) is 3. The highest BCUT2D eigenvalue weighted by Gasteiger charge is 2.10. The lowest BCUT2D eigenvalue weighted by molar-refractivity contribution is 0.151. The molecule has 3 N–H and O–H groups in total. The molecule has 3 nitrogen and oxygen atoms in total. The zero-order chi connectivity index (χ0) is 13.8. The molecule has 0 saturated heterocycles. The van der Waals surface area contributed by atoms with Crippen molar-refractivity contribution in [1.82, 2.24) is 4.98 Å². The van der Waals surface area contributed by atoms with Gasteiger partial charge in [0.05, 0.1) is 0 Å². The zero-order valence-electron chi connectivity index (χ0n) is 9.91. The molecule has 19 heavy (non-hydrogen) atoms. The highest BCUT2D eigenvalue weighted by Crippen LogP contribution is 2.22. The topological polar surface area (TPSA) is 50.9 Å². The maximum absolute atomic E-state index is 13.3. The van der Waals surface area contributed by atoms with E-state index in [1.54, 1.807) is 12.1 Å².